The standard InChI is InChI=1S/C21H29N5O2/c1-26(2)21-24-14-18(15-7-10-22-11-8-15)19(25-21)9-12-23-20(27)16-5-4-6-17(13-16)28-3/h7-8,10-11,14,16-17H,4-6,9,12-13H2,1-3H3,(H,23,27)/t16-,17+/m0/s1. The summed E-state index contributed by atoms with van der Waals surface area (Å²) in [7, 11) is 5.56. The summed E-state index contributed by atoms with van der Waals surface area (Å²) in [6, 6.07) is 3.89. The van der Waals surface area contributed by atoms with Crippen molar-refractivity contribution in [1.82, 2.24) is 20.3 Å². The number of rotatable bonds is 7. The molecule has 0 spiro atoms. The molecule has 2 aromatic heterocycles. The van der Waals surface area contributed by atoms with Gasteiger partial charge in [0.1, 0.15) is 0 Å². The van der Waals surface area contributed by atoms with Crippen LogP contribution in [0.3, 0.4) is 0 Å². The monoisotopic (exact) mass is 383 g/mol. The minimum Gasteiger partial charge on any atom is -0.381 e. The summed E-state index contributed by atoms with van der Waals surface area (Å²) in [6.45, 7) is 0.551. The first-order chi connectivity index (χ1) is 13.6. The number of hydrogen-bond donors (Lipinski definition) is 1. The Bertz CT molecular complexity index is 782. The van der Waals surface area contributed by atoms with Gasteiger partial charge in [-0.2, -0.15) is 0 Å². The Labute approximate surface area is 166 Å². The fourth-order valence-electron chi connectivity index (χ4n) is 3.63. The highest BCUT2D eigenvalue weighted by Crippen LogP contribution is 2.26. The first-order valence-corrected chi connectivity index (χ1v) is 9.82. The Hall–Kier alpha value is -2.54. The van der Waals surface area contributed by atoms with Crippen molar-refractivity contribution in [1.29, 1.82) is 0 Å². The number of carbonyl (C=O) groups excluding carboxylic acids is 1. The second-order valence-electron chi connectivity index (χ2n) is 7.42. The maximum atomic E-state index is 12.6. The van der Waals surface area contributed by atoms with Gasteiger partial charge in [-0.3, -0.25) is 9.78 Å². The van der Waals surface area contributed by atoms with E-state index in [0.717, 1.165) is 42.5 Å². The van der Waals surface area contributed by atoms with Crippen LogP contribution in [0.5, 0.6) is 0 Å². The smallest absolute Gasteiger partial charge is 0.225 e. The minimum absolute atomic E-state index is 0.0427. The molecule has 2 heterocycles. The van der Waals surface area contributed by atoms with Crippen LogP contribution >= 0.6 is 0 Å². The van der Waals surface area contributed by atoms with E-state index in [1.807, 2.05) is 37.3 Å². The van der Waals surface area contributed by atoms with Gasteiger partial charge in [0.2, 0.25) is 11.9 Å². The lowest BCUT2D eigenvalue weighted by atomic mass is 9.86. The number of methoxy groups -OCH3 is 1. The predicted molar refractivity (Wildman–Crippen MR) is 109 cm³/mol. The molecule has 2 atom stereocenters. The van der Waals surface area contributed by atoms with Crippen LogP contribution in [0.25, 0.3) is 11.1 Å². The van der Waals surface area contributed by atoms with Gasteiger partial charge in [-0.25, -0.2) is 9.97 Å². The van der Waals surface area contributed by atoms with Crippen molar-refractivity contribution in [2.24, 2.45) is 5.92 Å². The average molecular weight is 383 g/mol. The topological polar surface area (TPSA) is 80.2 Å². The van der Waals surface area contributed by atoms with Crippen LogP contribution in [0.1, 0.15) is 31.4 Å². The maximum absolute atomic E-state index is 12.6. The summed E-state index contributed by atoms with van der Waals surface area (Å²) in [5.41, 5.74) is 2.92. The van der Waals surface area contributed by atoms with E-state index in [9.17, 15) is 4.79 Å². The lowest BCUT2D eigenvalue weighted by Gasteiger charge is -2.27. The van der Waals surface area contributed by atoms with Crippen molar-refractivity contribution in [3.63, 3.8) is 0 Å². The van der Waals surface area contributed by atoms with Crippen LogP contribution in [-0.2, 0) is 16.0 Å². The van der Waals surface area contributed by atoms with Gasteiger partial charge in [0.15, 0.2) is 0 Å². The van der Waals surface area contributed by atoms with Crippen LogP contribution in [0.4, 0.5) is 5.95 Å². The molecule has 0 saturated heterocycles. The predicted octanol–water partition coefficient (Wildman–Crippen LogP) is 2.47. The maximum Gasteiger partial charge on any atom is 0.225 e. The lowest BCUT2D eigenvalue weighted by molar-refractivity contribution is -0.127. The van der Waals surface area contributed by atoms with Gasteiger partial charge in [-0.15, -0.1) is 0 Å². The SMILES string of the molecule is CO[C@@H]1CCC[C@H](C(=O)NCCc2nc(N(C)C)ncc2-c2ccncc2)C1. The largest absolute Gasteiger partial charge is 0.381 e. The quantitative estimate of drug-likeness (QED) is 0.791. The molecule has 1 aliphatic rings. The van der Waals surface area contributed by atoms with Gasteiger partial charge in [-0.1, -0.05) is 6.42 Å². The van der Waals surface area contributed by atoms with E-state index in [-0.39, 0.29) is 17.9 Å². The van der Waals surface area contributed by atoms with Gasteiger partial charge in [0.25, 0.3) is 0 Å². The molecule has 1 fully saturated rings. The summed E-state index contributed by atoms with van der Waals surface area (Å²) in [4.78, 5) is 27.7. The van der Waals surface area contributed by atoms with Crippen molar-refractivity contribution in [3.05, 3.63) is 36.4 Å². The van der Waals surface area contributed by atoms with E-state index >= 15 is 0 Å². The molecule has 0 aromatic carbocycles. The zero-order valence-corrected chi connectivity index (χ0v) is 16.9. The third-order valence-electron chi connectivity index (χ3n) is 5.24. The third-order valence-corrected chi connectivity index (χ3v) is 5.24. The molecule has 1 aliphatic carbocycles. The van der Waals surface area contributed by atoms with Crippen molar-refractivity contribution < 1.29 is 9.53 Å². The van der Waals surface area contributed by atoms with Crippen LogP contribution < -0.4 is 10.2 Å². The van der Waals surface area contributed by atoms with Gasteiger partial charge in [0, 0.05) is 64.2 Å². The summed E-state index contributed by atoms with van der Waals surface area (Å²) < 4.78 is 5.44. The molecule has 0 radical (unpaired) electrons. The van der Waals surface area contributed by atoms with Crippen molar-refractivity contribution in [3.8, 4) is 11.1 Å². The fraction of sp³-hybridized carbons (Fsp3) is 0.524. The Kier molecular flexibility index (Phi) is 6.92. The Morgan fingerprint density at radius 3 is 2.79 bits per heavy atom. The first kappa shape index (κ1) is 20.2. The Balaban J connectivity index is 1.67. The molecule has 3 rings (SSSR count). The highest BCUT2D eigenvalue weighted by molar-refractivity contribution is 5.78. The normalized spacial score (nSPS) is 19.2. The van der Waals surface area contributed by atoms with E-state index in [0.29, 0.717) is 18.9 Å². The van der Waals surface area contributed by atoms with Crippen LogP contribution in [0, 0.1) is 5.92 Å². The number of pyridine rings is 1. The zero-order chi connectivity index (χ0) is 19.9. The molecule has 0 unspecified atom stereocenters. The van der Waals surface area contributed by atoms with Gasteiger partial charge < -0.3 is 15.0 Å². The highest BCUT2D eigenvalue weighted by atomic mass is 16.5. The number of ether oxygens (including phenoxy) is 1. The number of hydrogen-bond acceptors (Lipinski definition) is 6. The molecule has 0 aliphatic heterocycles. The molecule has 28 heavy (non-hydrogen) atoms. The zero-order valence-electron chi connectivity index (χ0n) is 16.9. The lowest BCUT2D eigenvalue weighted by Crippen LogP contribution is -2.36. The number of amides is 1. The summed E-state index contributed by atoms with van der Waals surface area (Å²) >= 11 is 0. The molecular weight excluding hydrogens is 354 g/mol. The van der Waals surface area contributed by atoms with Crippen molar-refractivity contribution in [2.75, 3.05) is 32.6 Å². The number of nitrogens with zero attached hydrogens (tertiary/aromatic N) is 4. The molecule has 1 N–H and O–H groups in total. The minimum atomic E-state index is 0.0427. The van der Waals surface area contributed by atoms with Gasteiger partial charge in [0.05, 0.1) is 11.8 Å². The summed E-state index contributed by atoms with van der Waals surface area (Å²) in [6.07, 6.45) is 10.0. The van der Waals surface area contributed by atoms with Crippen LogP contribution in [0.2, 0.25) is 0 Å². The van der Waals surface area contributed by atoms with Gasteiger partial charge >= 0.3 is 0 Å². The van der Waals surface area contributed by atoms with E-state index in [1.165, 1.54) is 0 Å². The van der Waals surface area contributed by atoms with Crippen molar-refractivity contribution >= 4 is 11.9 Å². The third kappa shape index (κ3) is 5.04. The number of nitrogens with one attached hydrogen (secondary N) is 1. The van der Waals surface area contributed by atoms with Crippen LogP contribution in [0.15, 0.2) is 30.7 Å². The molecule has 1 saturated carbocycles. The second kappa shape index (κ2) is 9.59. The molecule has 150 valence electrons. The van der Waals surface area contributed by atoms with Gasteiger partial charge in [-0.05, 0) is 37.0 Å². The average Bonchev–Trinajstić information content (AvgIpc) is 2.74. The molecule has 1 amide bonds. The summed E-state index contributed by atoms with van der Waals surface area (Å²) in [5.74, 6) is 0.824. The molecule has 0 bridgehead atoms. The number of anilines is 1. The van der Waals surface area contributed by atoms with E-state index in [1.54, 1.807) is 19.5 Å². The second-order valence-corrected chi connectivity index (χ2v) is 7.42. The first-order valence-electron chi connectivity index (χ1n) is 9.82. The molecular formula is C21H29N5O2. The Morgan fingerprint density at radius 1 is 1.29 bits per heavy atom. The molecule has 7 nitrogen and oxygen atoms in total. The summed E-state index contributed by atoms with van der Waals surface area (Å²) in [5, 5.41) is 3.09. The Morgan fingerprint density at radius 2 is 2.07 bits per heavy atom. The van der Waals surface area contributed by atoms with Crippen LogP contribution in [-0.4, -0.2) is 54.7 Å². The number of carbonyl (C=O) groups is 1. The number of aromatic nitrogens is 3. The van der Waals surface area contributed by atoms with E-state index < -0.39 is 0 Å². The molecule has 7 heteroatoms. The van der Waals surface area contributed by atoms with E-state index in [4.69, 9.17) is 9.72 Å². The highest BCUT2D eigenvalue weighted by Gasteiger charge is 2.27. The van der Waals surface area contributed by atoms with Crippen molar-refractivity contribution in [2.45, 2.75) is 38.2 Å². The van der Waals surface area contributed by atoms with E-state index in [2.05, 4.69) is 15.3 Å². The fourth-order valence-corrected chi connectivity index (χ4v) is 3.63. The molecule has 2 aromatic rings.